The molecule has 0 bridgehead atoms. The van der Waals surface area contributed by atoms with Gasteiger partial charge in [0.2, 0.25) is 0 Å². The van der Waals surface area contributed by atoms with Crippen LogP contribution in [0.2, 0.25) is 5.02 Å². The Balaban J connectivity index is 2.53. The molecule has 106 valence electrons. The quantitative estimate of drug-likeness (QED) is 0.639. The monoisotopic (exact) mass is 309 g/mol. The molecule has 0 aromatic heterocycles. The summed E-state index contributed by atoms with van der Waals surface area (Å²) in [7, 11) is -4.11. The molecule has 0 amide bonds. The van der Waals surface area contributed by atoms with Crippen molar-refractivity contribution in [3.8, 4) is 5.75 Å². The Kier molecular flexibility index (Phi) is 3.89. The van der Waals surface area contributed by atoms with E-state index >= 15 is 0 Å². The summed E-state index contributed by atoms with van der Waals surface area (Å²) < 4.78 is 43.4. The first-order valence-electron chi connectivity index (χ1n) is 5.58. The maximum atomic E-state index is 13.7. The van der Waals surface area contributed by atoms with Crippen molar-refractivity contribution in [1.82, 2.24) is 0 Å². The zero-order valence-electron chi connectivity index (χ0n) is 9.84. The molecule has 0 aliphatic carbocycles. The fourth-order valence-electron chi connectivity index (χ4n) is 2.02. The largest absolute Gasteiger partial charge is 0.504 e. The lowest BCUT2D eigenvalue weighted by Crippen LogP contribution is -2.39. The van der Waals surface area contributed by atoms with Gasteiger partial charge in [-0.1, -0.05) is 11.6 Å². The summed E-state index contributed by atoms with van der Waals surface area (Å²) in [5, 5.41) is 8.33. The maximum absolute atomic E-state index is 13.7. The molecule has 0 unspecified atom stereocenters. The average molecular weight is 310 g/mol. The third-order valence-electron chi connectivity index (χ3n) is 3.02. The van der Waals surface area contributed by atoms with Gasteiger partial charge in [0.25, 0.3) is 0 Å². The van der Waals surface area contributed by atoms with Crippen LogP contribution in [0.3, 0.4) is 0 Å². The van der Waals surface area contributed by atoms with E-state index in [9.17, 15) is 17.9 Å². The number of ether oxygens (including phenoxy) is 1. The molecule has 0 saturated carbocycles. The molecule has 1 aromatic carbocycles. The first-order valence-corrected chi connectivity index (χ1v) is 7.50. The van der Waals surface area contributed by atoms with Crippen molar-refractivity contribution in [3.63, 3.8) is 0 Å². The highest BCUT2D eigenvalue weighted by molar-refractivity contribution is 7.92. The molecule has 1 aliphatic heterocycles. The van der Waals surface area contributed by atoms with Gasteiger partial charge in [0, 0.05) is 6.61 Å². The lowest BCUT2D eigenvalue weighted by atomic mass is 10.2. The molecule has 3 N–H and O–H groups in total. The topological polar surface area (TPSA) is 89.6 Å². The number of nitrogen functional groups attached to an aromatic ring is 1. The minimum atomic E-state index is -4.11. The van der Waals surface area contributed by atoms with Gasteiger partial charge >= 0.3 is 0 Å². The number of nitrogens with two attached hydrogens (primary N) is 1. The van der Waals surface area contributed by atoms with Gasteiger partial charge in [-0.15, -0.1) is 0 Å². The van der Waals surface area contributed by atoms with Gasteiger partial charge in [-0.3, -0.25) is 0 Å². The van der Waals surface area contributed by atoms with Crippen molar-refractivity contribution in [2.75, 3.05) is 18.9 Å². The minimum absolute atomic E-state index is 0.00800. The molecule has 1 aromatic rings. The van der Waals surface area contributed by atoms with E-state index in [1.165, 1.54) is 12.1 Å². The Morgan fingerprint density at radius 3 is 2.79 bits per heavy atom. The summed E-state index contributed by atoms with van der Waals surface area (Å²) >= 11 is 5.80. The summed E-state index contributed by atoms with van der Waals surface area (Å²) in [4.78, 5) is -0.510. The van der Waals surface area contributed by atoms with E-state index in [0.29, 0.717) is 0 Å². The molecule has 1 saturated heterocycles. The van der Waals surface area contributed by atoms with Gasteiger partial charge < -0.3 is 15.6 Å². The Morgan fingerprint density at radius 1 is 1.47 bits per heavy atom. The van der Waals surface area contributed by atoms with Crippen molar-refractivity contribution in [1.29, 1.82) is 0 Å². The summed E-state index contributed by atoms with van der Waals surface area (Å²) in [6, 6.07) is 2.55. The standard InChI is InChI=1S/C11H13ClFNO4S/c12-6-1-2-8(14)10(15)11(6)19(16,17)9-3-4-18-5-7(9)13/h1-2,7,9,15H,3-5,14H2/t7-,9+/m0/s1. The van der Waals surface area contributed by atoms with Crippen LogP contribution < -0.4 is 5.73 Å². The van der Waals surface area contributed by atoms with E-state index in [-0.39, 0.29) is 30.3 Å². The van der Waals surface area contributed by atoms with Gasteiger partial charge in [-0.05, 0) is 18.6 Å². The first kappa shape index (κ1) is 14.4. The number of phenols is 1. The Labute approximate surface area is 115 Å². The normalized spacial score (nSPS) is 24.3. The number of hydrogen-bond acceptors (Lipinski definition) is 5. The van der Waals surface area contributed by atoms with Crippen LogP contribution in [0, 0.1) is 0 Å². The second kappa shape index (κ2) is 5.15. The third kappa shape index (κ3) is 2.50. The number of anilines is 1. The van der Waals surface area contributed by atoms with E-state index < -0.39 is 31.9 Å². The highest BCUT2D eigenvalue weighted by atomic mass is 35.5. The molecule has 0 spiro atoms. The number of halogens is 2. The number of hydrogen-bond donors (Lipinski definition) is 2. The number of benzene rings is 1. The summed E-state index contributed by atoms with van der Waals surface area (Å²) in [5.74, 6) is -0.633. The lowest BCUT2D eigenvalue weighted by Gasteiger charge is -2.26. The van der Waals surface area contributed by atoms with Gasteiger partial charge in [-0.2, -0.15) is 0 Å². The van der Waals surface area contributed by atoms with Gasteiger partial charge in [0.15, 0.2) is 15.6 Å². The predicted molar refractivity (Wildman–Crippen MR) is 68.8 cm³/mol. The lowest BCUT2D eigenvalue weighted by molar-refractivity contribution is 0.0390. The molecular formula is C11H13ClFNO4S. The molecule has 1 fully saturated rings. The van der Waals surface area contributed by atoms with Crippen LogP contribution in [-0.2, 0) is 14.6 Å². The fraction of sp³-hybridized carbons (Fsp3) is 0.455. The van der Waals surface area contributed by atoms with E-state index in [1.54, 1.807) is 0 Å². The first-order chi connectivity index (χ1) is 8.85. The summed E-state index contributed by atoms with van der Waals surface area (Å²) in [6.45, 7) is -0.143. The molecular weight excluding hydrogens is 297 g/mol. The van der Waals surface area contributed by atoms with Crippen LogP contribution in [0.5, 0.6) is 5.75 Å². The van der Waals surface area contributed by atoms with Crippen LogP contribution in [0.15, 0.2) is 17.0 Å². The molecule has 1 aliphatic rings. The molecule has 2 rings (SSSR count). The Morgan fingerprint density at radius 2 is 2.16 bits per heavy atom. The van der Waals surface area contributed by atoms with Crippen LogP contribution >= 0.6 is 11.6 Å². The average Bonchev–Trinajstić information content (AvgIpc) is 2.34. The van der Waals surface area contributed by atoms with Crippen LogP contribution in [0.4, 0.5) is 10.1 Å². The number of alkyl halides is 1. The highest BCUT2D eigenvalue weighted by Gasteiger charge is 2.40. The van der Waals surface area contributed by atoms with Crippen molar-refractivity contribution < 1.29 is 22.7 Å². The zero-order valence-corrected chi connectivity index (χ0v) is 11.4. The van der Waals surface area contributed by atoms with Gasteiger partial charge in [0.05, 0.1) is 17.3 Å². The van der Waals surface area contributed by atoms with Gasteiger partial charge in [0.1, 0.15) is 16.3 Å². The predicted octanol–water partition coefficient (Wildman–Crippen LogP) is 1.53. The van der Waals surface area contributed by atoms with Crippen LogP contribution in [0.1, 0.15) is 6.42 Å². The molecule has 1 heterocycles. The number of phenolic OH excluding ortho intramolecular Hbond substituents is 1. The van der Waals surface area contributed by atoms with Crippen molar-refractivity contribution >= 4 is 27.1 Å². The number of sulfone groups is 1. The molecule has 0 radical (unpaired) electrons. The number of rotatable bonds is 2. The third-order valence-corrected chi connectivity index (χ3v) is 5.76. The van der Waals surface area contributed by atoms with E-state index in [2.05, 4.69) is 0 Å². The van der Waals surface area contributed by atoms with E-state index in [4.69, 9.17) is 22.1 Å². The van der Waals surface area contributed by atoms with E-state index in [0.717, 1.165) is 0 Å². The Bertz CT molecular complexity index is 593. The number of aromatic hydroxyl groups is 1. The smallest absolute Gasteiger partial charge is 0.189 e. The second-order valence-electron chi connectivity index (χ2n) is 4.28. The van der Waals surface area contributed by atoms with Crippen LogP contribution in [-0.4, -0.2) is 38.2 Å². The van der Waals surface area contributed by atoms with Crippen molar-refractivity contribution in [2.24, 2.45) is 0 Å². The summed E-state index contributed by atoms with van der Waals surface area (Å²) in [5.41, 5.74) is 5.34. The van der Waals surface area contributed by atoms with E-state index in [1.807, 2.05) is 0 Å². The molecule has 8 heteroatoms. The zero-order chi connectivity index (χ0) is 14.2. The van der Waals surface area contributed by atoms with Gasteiger partial charge in [-0.25, -0.2) is 12.8 Å². The van der Waals surface area contributed by atoms with Crippen molar-refractivity contribution in [3.05, 3.63) is 17.2 Å². The second-order valence-corrected chi connectivity index (χ2v) is 6.79. The summed E-state index contributed by atoms with van der Waals surface area (Å²) in [6.07, 6.45) is -1.65. The maximum Gasteiger partial charge on any atom is 0.189 e. The van der Waals surface area contributed by atoms with Crippen molar-refractivity contribution in [2.45, 2.75) is 22.7 Å². The van der Waals surface area contributed by atoms with Crippen LogP contribution in [0.25, 0.3) is 0 Å². The molecule has 5 nitrogen and oxygen atoms in total. The Hall–Kier alpha value is -1.05. The fourth-order valence-corrected chi connectivity index (χ4v) is 4.40. The minimum Gasteiger partial charge on any atom is -0.504 e. The molecule has 2 atom stereocenters. The molecule has 19 heavy (non-hydrogen) atoms. The SMILES string of the molecule is Nc1ccc(Cl)c(S(=O)(=O)[C@@H]2CCOC[C@@H]2F)c1O. The highest BCUT2D eigenvalue weighted by Crippen LogP contribution is 2.39.